The van der Waals surface area contributed by atoms with Crippen molar-refractivity contribution in [2.24, 2.45) is 0 Å². The van der Waals surface area contributed by atoms with E-state index in [1.807, 2.05) is 20.8 Å². The highest BCUT2D eigenvalue weighted by Gasteiger charge is 2.14. The van der Waals surface area contributed by atoms with E-state index >= 15 is 0 Å². The monoisotopic (exact) mass is 245 g/mol. The topological polar surface area (TPSA) is 37.8 Å². The first-order valence-electron chi connectivity index (χ1n) is 6.62. The van der Waals surface area contributed by atoms with E-state index in [4.69, 9.17) is 0 Å². The summed E-state index contributed by atoms with van der Waals surface area (Å²) in [5.74, 6) is 6.08. The molecule has 1 N–H and O–H groups in total. The quantitative estimate of drug-likeness (QED) is 0.783. The van der Waals surface area contributed by atoms with Crippen molar-refractivity contribution in [2.75, 3.05) is 6.54 Å². The number of hydrogen-bond acceptors (Lipinski definition) is 3. The van der Waals surface area contributed by atoms with Crippen LogP contribution in [-0.2, 0) is 0 Å². The Bertz CT molecular complexity index is 429. The van der Waals surface area contributed by atoms with Crippen molar-refractivity contribution in [3.8, 4) is 11.8 Å². The molecule has 18 heavy (non-hydrogen) atoms. The largest absolute Gasteiger partial charge is 0.310 e. The third kappa shape index (κ3) is 4.46. The minimum atomic E-state index is 0.333. The van der Waals surface area contributed by atoms with Gasteiger partial charge in [0.15, 0.2) is 0 Å². The van der Waals surface area contributed by atoms with Crippen LogP contribution < -0.4 is 5.32 Å². The lowest BCUT2D eigenvalue weighted by atomic mass is 10.0. The molecule has 0 aliphatic heterocycles. The molecule has 1 aromatic rings. The van der Waals surface area contributed by atoms with Gasteiger partial charge in [-0.2, -0.15) is 10.2 Å². The van der Waals surface area contributed by atoms with Gasteiger partial charge in [0.1, 0.15) is 0 Å². The van der Waals surface area contributed by atoms with E-state index < -0.39 is 0 Å². The van der Waals surface area contributed by atoms with Crippen LogP contribution in [0.5, 0.6) is 0 Å². The van der Waals surface area contributed by atoms with Gasteiger partial charge < -0.3 is 5.32 Å². The molecule has 98 valence electrons. The molecule has 1 unspecified atom stereocenters. The van der Waals surface area contributed by atoms with Gasteiger partial charge >= 0.3 is 0 Å². The first-order valence-corrected chi connectivity index (χ1v) is 6.62. The molecule has 1 atom stereocenters. The highest BCUT2D eigenvalue weighted by molar-refractivity contribution is 5.24. The lowest BCUT2D eigenvalue weighted by Crippen LogP contribution is -2.23. The third-order valence-electron chi connectivity index (χ3n) is 2.89. The van der Waals surface area contributed by atoms with Gasteiger partial charge in [0.05, 0.1) is 11.4 Å². The van der Waals surface area contributed by atoms with Crippen LogP contribution in [-0.4, -0.2) is 16.7 Å². The van der Waals surface area contributed by atoms with Crippen molar-refractivity contribution >= 4 is 0 Å². The Morgan fingerprint density at radius 2 is 2.11 bits per heavy atom. The van der Waals surface area contributed by atoms with Gasteiger partial charge in [-0.25, -0.2) is 0 Å². The molecule has 0 spiro atoms. The molecular weight excluding hydrogens is 222 g/mol. The Morgan fingerprint density at radius 1 is 1.33 bits per heavy atom. The van der Waals surface area contributed by atoms with Crippen molar-refractivity contribution in [3.05, 3.63) is 23.0 Å². The maximum Gasteiger partial charge on any atom is 0.0648 e. The predicted molar refractivity (Wildman–Crippen MR) is 75.2 cm³/mol. The molecule has 0 saturated carbocycles. The van der Waals surface area contributed by atoms with Crippen molar-refractivity contribution in [3.63, 3.8) is 0 Å². The van der Waals surface area contributed by atoms with Gasteiger partial charge in [0, 0.05) is 12.5 Å². The minimum Gasteiger partial charge on any atom is -0.310 e. The van der Waals surface area contributed by atoms with Gasteiger partial charge in [0.2, 0.25) is 0 Å². The van der Waals surface area contributed by atoms with E-state index in [0.29, 0.717) is 6.04 Å². The first kappa shape index (κ1) is 14.7. The second kappa shape index (κ2) is 7.84. The van der Waals surface area contributed by atoms with E-state index in [9.17, 15) is 0 Å². The summed E-state index contributed by atoms with van der Waals surface area (Å²) in [6.45, 7) is 9.09. The van der Waals surface area contributed by atoms with Crippen LogP contribution >= 0.6 is 0 Å². The Balaban J connectivity index is 2.84. The molecule has 1 heterocycles. The zero-order chi connectivity index (χ0) is 13.4. The van der Waals surface area contributed by atoms with Crippen molar-refractivity contribution in [1.29, 1.82) is 0 Å². The summed E-state index contributed by atoms with van der Waals surface area (Å²) < 4.78 is 0. The number of aromatic nitrogens is 2. The Kier molecular flexibility index (Phi) is 6.38. The molecule has 0 fully saturated rings. The zero-order valence-electron chi connectivity index (χ0n) is 11.9. The Hall–Kier alpha value is -1.40. The summed E-state index contributed by atoms with van der Waals surface area (Å²) in [5.41, 5.74) is 3.24. The van der Waals surface area contributed by atoms with E-state index in [2.05, 4.69) is 40.3 Å². The molecule has 0 aliphatic carbocycles. The molecule has 3 heteroatoms. The fourth-order valence-corrected chi connectivity index (χ4v) is 1.95. The van der Waals surface area contributed by atoms with Crippen LogP contribution in [0.1, 0.15) is 56.1 Å². The van der Waals surface area contributed by atoms with Crippen LogP contribution in [0.2, 0.25) is 0 Å². The number of hydrogen-bond donors (Lipinski definition) is 1. The van der Waals surface area contributed by atoms with Gasteiger partial charge in [-0.15, -0.1) is 11.8 Å². The fourth-order valence-electron chi connectivity index (χ4n) is 1.95. The van der Waals surface area contributed by atoms with Crippen molar-refractivity contribution < 1.29 is 0 Å². The molecule has 0 saturated heterocycles. The Labute approximate surface area is 110 Å². The normalized spacial score (nSPS) is 11.8. The summed E-state index contributed by atoms with van der Waals surface area (Å²) in [5, 5.41) is 11.9. The number of nitrogens with zero attached hydrogens (tertiary/aromatic N) is 2. The SMILES string of the molecule is CC#CCCC(NCCC)c1cc(C)nnc1C. The molecular formula is C15H23N3. The summed E-state index contributed by atoms with van der Waals surface area (Å²) in [7, 11) is 0. The molecule has 1 aromatic heterocycles. The van der Waals surface area contributed by atoms with E-state index in [-0.39, 0.29) is 0 Å². The molecule has 3 nitrogen and oxygen atoms in total. The lowest BCUT2D eigenvalue weighted by Gasteiger charge is -2.19. The summed E-state index contributed by atoms with van der Waals surface area (Å²) in [4.78, 5) is 0. The molecule has 0 radical (unpaired) electrons. The smallest absolute Gasteiger partial charge is 0.0648 e. The van der Waals surface area contributed by atoms with Crippen LogP contribution in [0.15, 0.2) is 6.07 Å². The maximum absolute atomic E-state index is 4.21. The predicted octanol–water partition coefficient (Wildman–Crippen LogP) is 2.94. The number of nitrogens with one attached hydrogen (secondary N) is 1. The highest BCUT2D eigenvalue weighted by Crippen LogP contribution is 2.21. The van der Waals surface area contributed by atoms with Crippen molar-refractivity contribution in [2.45, 2.75) is 53.0 Å². The summed E-state index contributed by atoms with van der Waals surface area (Å²) >= 11 is 0. The average Bonchev–Trinajstić information content (AvgIpc) is 2.37. The number of rotatable bonds is 6. The standard InChI is InChI=1S/C15H23N3/c1-5-7-8-9-15(16-10-6-2)14-11-12(3)17-18-13(14)4/h11,15-16H,6,8-10H2,1-4H3. The van der Waals surface area contributed by atoms with Gasteiger partial charge in [-0.05, 0) is 51.8 Å². The van der Waals surface area contributed by atoms with Crippen LogP contribution in [0.25, 0.3) is 0 Å². The molecule has 1 rings (SSSR count). The highest BCUT2D eigenvalue weighted by atomic mass is 15.1. The lowest BCUT2D eigenvalue weighted by molar-refractivity contribution is 0.500. The summed E-state index contributed by atoms with van der Waals surface area (Å²) in [6, 6.07) is 2.47. The van der Waals surface area contributed by atoms with Crippen LogP contribution in [0.3, 0.4) is 0 Å². The third-order valence-corrected chi connectivity index (χ3v) is 2.89. The molecule has 0 bridgehead atoms. The first-order chi connectivity index (χ1) is 8.69. The molecule has 0 amide bonds. The molecule has 0 aromatic carbocycles. The fraction of sp³-hybridized carbons (Fsp3) is 0.600. The van der Waals surface area contributed by atoms with Gasteiger partial charge in [-0.1, -0.05) is 6.92 Å². The van der Waals surface area contributed by atoms with E-state index in [1.54, 1.807) is 0 Å². The average molecular weight is 245 g/mol. The van der Waals surface area contributed by atoms with Crippen LogP contribution in [0, 0.1) is 25.7 Å². The van der Waals surface area contributed by atoms with E-state index in [0.717, 1.165) is 37.2 Å². The van der Waals surface area contributed by atoms with Gasteiger partial charge in [-0.3, -0.25) is 0 Å². The number of aryl methyl sites for hydroxylation is 2. The summed E-state index contributed by atoms with van der Waals surface area (Å²) in [6.07, 6.45) is 3.07. The molecule has 0 aliphatic rings. The van der Waals surface area contributed by atoms with E-state index in [1.165, 1.54) is 5.56 Å². The second-order valence-electron chi connectivity index (χ2n) is 4.50. The van der Waals surface area contributed by atoms with Crippen molar-refractivity contribution in [1.82, 2.24) is 15.5 Å². The second-order valence-corrected chi connectivity index (χ2v) is 4.50. The maximum atomic E-state index is 4.21. The zero-order valence-corrected chi connectivity index (χ0v) is 11.9. The van der Waals surface area contributed by atoms with Gasteiger partial charge in [0.25, 0.3) is 0 Å². The minimum absolute atomic E-state index is 0.333. The van der Waals surface area contributed by atoms with Crippen LogP contribution in [0.4, 0.5) is 0 Å². The Morgan fingerprint density at radius 3 is 2.78 bits per heavy atom.